The van der Waals surface area contributed by atoms with Gasteiger partial charge in [-0.3, -0.25) is 4.79 Å². The summed E-state index contributed by atoms with van der Waals surface area (Å²) in [6.07, 6.45) is 0.834. The first-order chi connectivity index (χ1) is 18.3. The molecule has 1 fully saturated rings. The lowest BCUT2D eigenvalue weighted by molar-refractivity contribution is -0.231. The molecule has 1 amide bonds. The van der Waals surface area contributed by atoms with Crippen LogP contribution < -0.4 is 10.6 Å². The predicted molar refractivity (Wildman–Crippen MR) is 141 cm³/mol. The molecule has 2 aromatic carbocycles. The van der Waals surface area contributed by atoms with E-state index < -0.39 is 11.7 Å². The van der Waals surface area contributed by atoms with Crippen molar-refractivity contribution in [2.24, 2.45) is 5.41 Å². The van der Waals surface area contributed by atoms with Gasteiger partial charge >= 0.3 is 0 Å². The smallest absolute Gasteiger partial charge is 0.230 e. The maximum Gasteiger partial charge on any atom is 0.230 e. The van der Waals surface area contributed by atoms with Crippen molar-refractivity contribution < 1.29 is 18.7 Å². The Kier molecular flexibility index (Phi) is 7.17. The van der Waals surface area contributed by atoms with Crippen LogP contribution in [0.15, 0.2) is 66.9 Å². The summed E-state index contributed by atoms with van der Waals surface area (Å²) in [5.74, 6) is 0.353. The van der Waals surface area contributed by atoms with Gasteiger partial charge in [0.15, 0.2) is 5.82 Å². The molecular formula is C28H29FN6O3. The molecule has 0 saturated carbocycles. The molecule has 9 nitrogen and oxygen atoms in total. The topological polar surface area (TPSA) is 114 Å². The van der Waals surface area contributed by atoms with E-state index in [9.17, 15) is 9.18 Å². The van der Waals surface area contributed by atoms with Gasteiger partial charge in [-0.05, 0) is 63.2 Å². The van der Waals surface area contributed by atoms with Crippen molar-refractivity contribution in [3.63, 3.8) is 0 Å². The van der Waals surface area contributed by atoms with Gasteiger partial charge in [-0.1, -0.05) is 18.2 Å². The number of aromatic nitrogens is 4. The summed E-state index contributed by atoms with van der Waals surface area (Å²) in [5, 5.41) is 6.11. The number of imidazole rings is 1. The lowest BCUT2D eigenvalue weighted by Gasteiger charge is -2.35. The average molecular weight is 517 g/mol. The first-order valence-corrected chi connectivity index (χ1v) is 12.4. The zero-order chi connectivity index (χ0) is 26.7. The minimum absolute atomic E-state index is 0.0112. The van der Waals surface area contributed by atoms with E-state index >= 15 is 0 Å². The highest BCUT2D eigenvalue weighted by Gasteiger charge is 2.41. The molecule has 0 aliphatic carbocycles. The molecule has 2 aromatic heterocycles. The van der Waals surface area contributed by atoms with E-state index in [-0.39, 0.29) is 31.0 Å². The van der Waals surface area contributed by atoms with Crippen LogP contribution in [0.3, 0.4) is 0 Å². The number of rotatable bonds is 7. The normalized spacial score (nSPS) is 19.3. The maximum atomic E-state index is 13.7. The number of hydrogen-bond acceptors (Lipinski definition) is 7. The number of halogens is 1. The number of aromatic amines is 1. The largest absolute Gasteiger partial charge is 0.353 e. The molecule has 38 heavy (non-hydrogen) atoms. The van der Waals surface area contributed by atoms with Gasteiger partial charge in [-0.15, -0.1) is 0 Å². The third kappa shape index (κ3) is 5.56. The Balaban J connectivity index is 1.45. The summed E-state index contributed by atoms with van der Waals surface area (Å²) < 4.78 is 25.6. The van der Waals surface area contributed by atoms with E-state index in [0.29, 0.717) is 34.4 Å². The Hall–Kier alpha value is -4.15. The number of nitrogens with zero attached hydrogens (tertiary/aromatic N) is 3. The molecule has 1 saturated heterocycles. The number of benzene rings is 2. The van der Waals surface area contributed by atoms with Gasteiger partial charge in [0.1, 0.15) is 5.82 Å². The Morgan fingerprint density at radius 2 is 1.76 bits per heavy atom. The Labute approximate surface area is 219 Å². The highest BCUT2D eigenvalue weighted by atomic mass is 19.1. The molecule has 10 heteroatoms. The van der Waals surface area contributed by atoms with Gasteiger partial charge in [0.2, 0.25) is 18.1 Å². The SMILES string of the molecule is CC(C)NC(=O)C1(C)COC(c2nc(-c3ccc(F)cc3)c(-c3ccnc(Nc4ccccc4)n3)[nH]2)OC1. The van der Waals surface area contributed by atoms with Gasteiger partial charge in [0, 0.05) is 23.5 Å². The molecule has 0 unspecified atom stereocenters. The van der Waals surface area contributed by atoms with Crippen LogP contribution in [0.5, 0.6) is 0 Å². The van der Waals surface area contributed by atoms with Gasteiger partial charge in [0.25, 0.3) is 0 Å². The van der Waals surface area contributed by atoms with Crippen LogP contribution in [-0.2, 0) is 14.3 Å². The molecule has 4 aromatic rings. The predicted octanol–water partition coefficient (Wildman–Crippen LogP) is 4.99. The second kappa shape index (κ2) is 10.7. The number of carbonyl (C=O) groups is 1. The van der Waals surface area contributed by atoms with Crippen LogP contribution in [0.25, 0.3) is 22.6 Å². The quantitative estimate of drug-likeness (QED) is 0.317. The van der Waals surface area contributed by atoms with Crippen LogP contribution in [0.4, 0.5) is 16.0 Å². The zero-order valence-electron chi connectivity index (χ0n) is 21.4. The van der Waals surface area contributed by atoms with Crippen molar-refractivity contribution in [2.75, 3.05) is 18.5 Å². The monoisotopic (exact) mass is 516 g/mol. The molecule has 5 rings (SSSR count). The maximum absolute atomic E-state index is 13.7. The fourth-order valence-corrected chi connectivity index (χ4v) is 4.05. The number of para-hydroxylation sites is 1. The number of anilines is 2. The van der Waals surface area contributed by atoms with Gasteiger partial charge in [-0.25, -0.2) is 19.3 Å². The number of carbonyl (C=O) groups excluding carboxylic acids is 1. The molecule has 0 radical (unpaired) electrons. The summed E-state index contributed by atoms with van der Waals surface area (Å²) in [6.45, 7) is 5.95. The molecule has 0 bridgehead atoms. The van der Waals surface area contributed by atoms with E-state index in [2.05, 4.69) is 25.6 Å². The minimum Gasteiger partial charge on any atom is -0.353 e. The molecule has 196 valence electrons. The number of nitrogens with one attached hydrogen (secondary N) is 3. The van der Waals surface area contributed by atoms with E-state index in [1.54, 1.807) is 31.3 Å². The molecule has 0 atom stereocenters. The van der Waals surface area contributed by atoms with Crippen molar-refractivity contribution in [3.8, 4) is 22.6 Å². The van der Waals surface area contributed by atoms with Crippen LogP contribution in [-0.4, -0.2) is 45.1 Å². The fourth-order valence-electron chi connectivity index (χ4n) is 4.05. The third-order valence-corrected chi connectivity index (χ3v) is 6.08. The summed E-state index contributed by atoms with van der Waals surface area (Å²) in [6, 6.07) is 17.4. The number of ether oxygens (including phenoxy) is 2. The summed E-state index contributed by atoms with van der Waals surface area (Å²) in [4.78, 5) is 29.7. The second-order valence-electron chi connectivity index (χ2n) is 9.75. The second-order valence-corrected chi connectivity index (χ2v) is 9.75. The Morgan fingerprint density at radius 1 is 1.05 bits per heavy atom. The van der Waals surface area contributed by atoms with Gasteiger partial charge in [-0.2, -0.15) is 0 Å². The van der Waals surface area contributed by atoms with Gasteiger partial charge in [0.05, 0.1) is 35.7 Å². The lowest BCUT2D eigenvalue weighted by Crippen LogP contribution is -2.50. The first-order valence-electron chi connectivity index (χ1n) is 12.4. The molecule has 3 heterocycles. The third-order valence-electron chi connectivity index (χ3n) is 6.08. The summed E-state index contributed by atoms with van der Waals surface area (Å²) in [5.41, 5.74) is 2.46. The standard InChI is InChI=1S/C28H29FN6O3/c1-17(2)31-26(36)28(3)15-37-25(38-16-28)24-34-22(18-9-11-19(29)12-10-18)23(35-24)21-13-14-30-27(33-21)32-20-7-5-4-6-8-20/h4-14,17,25H,15-16H2,1-3H3,(H,31,36)(H,34,35)(H,30,32,33). The van der Waals surface area contributed by atoms with Gasteiger partial charge < -0.3 is 25.1 Å². The lowest BCUT2D eigenvalue weighted by atomic mass is 9.90. The average Bonchev–Trinajstić information content (AvgIpc) is 3.35. The van der Waals surface area contributed by atoms with Crippen LogP contribution in [0.1, 0.15) is 32.9 Å². The summed E-state index contributed by atoms with van der Waals surface area (Å²) in [7, 11) is 0. The van der Waals surface area contributed by atoms with Crippen molar-refractivity contribution in [3.05, 3.63) is 78.5 Å². The van der Waals surface area contributed by atoms with Crippen molar-refractivity contribution in [1.82, 2.24) is 25.3 Å². The van der Waals surface area contributed by atoms with E-state index in [0.717, 1.165) is 5.69 Å². The number of hydrogen-bond donors (Lipinski definition) is 3. The first kappa shape index (κ1) is 25.5. The van der Waals surface area contributed by atoms with Crippen LogP contribution in [0.2, 0.25) is 0 Å². The van der Waals surface area contributed by atoms with Crippen molar-refractivity contribution >= 4 is 17.5 Å². The van der Waals surface area contributed by atoms with E-state index in [1.807, 2.05) is 44.2 Å². The Bertz CT molecular complexity index is 1400. The highest BCUT2D eigenvalue weighted by molar-refractivity contribution is 5.83. The Morgan fingerprint density at radius 3 is 2.45 bits per heavy atom. The van der Waals surface area contributed by atoms with Crippen LogP contribution in [0, 0.1) is 11.2 Å². The number of H-pyrrole nitrogens is 1. The van der Waals surface area contributed by atoms with E-state index in [1.165, 1.54) is 12.1 Å². The minimum atomic E-state index is -0.819. The van der Waals surface area contributed by atoms with Crippen LogP contribution >= 0.6 is 0 Å². The molecule has 0 spiro atoms. The van der Waals surface area contributed by atoms with E-state index in [4.69, 9.17) is 14.5 Å². The van der Waals surface area contributed by atoms with Crippen molar-refractivity contribution in [1.29, 1.82) is 0 Å². The highest BCUT2D eigenvalue weighted by Crippen LogP contribution is 2.35. The molecule has 1 aliphatic heterocycles. The number of amides is 1. The van der Waals surface area contributed by atoms with Crippen molar-refractivity contribution in [2.45, 2.75) is 33.1 Å². The fraction of sp³-hybridized carbons (Fsp3) is 0.286. The zero-order valence-corrected chi connectivity index (χ0v) is 21.4. The summed E-state index contributed by atoms with van der Waals surface area (Å²) >= 11 is 0. The molecule has 3 N–H and O–H groups in total. The molecule has 1 aliphatic rings. The molecular weight excluding hydrogens is 487 g/mol.